The first-order valence-corrected chi connectivity index (χ1v) is 15.6. The summed E-state index contributed by atoms with van der Waals surface area (Å²) in [5.74, 6) is 0. The third-order valence-electron chi connectivity index (χ3n) is 9.98. The van der Waals surface area contributed by atoms with Crippen LogP contribution in [0, 0.1) is 0 Å². The van der Waals surface area contributed by atoms with Gasteiger partial charge in [-0.15, -0.1) is 0 Å². The zero-order chi connectivity index (χ0) is 29.5. The topological polar surface area (TPSA) is 8.17 Å². The highest BCUT2D eigenvalue weighted by molar-refractivity contribution is 6.09. The van der Waals surface area contributed by atoms with E-state index in [1.54, 1.807) is 0 Å². The lowest BCUT2D eigenvalue weighted by molar-refractivity contribution is 0.752. The van der Waals surface area contributed by atoms with Crippen molar-refractivity contribution in [2.45, 2.75) is 5.41 Å². The minimum atomic E-state index is -0.441. The van der Waals surface area contributed by atoms with Crippen LogP contribution >= 0.6 is 0 Å². The molecule has 2 heteroatoms. The minimum absolute atomic E-state index is 0.441. The highest BCUT2D eigenvalue weighted by Gasteiger charge is 2.51. The van der Waals surface area contributed by atoms with Crippen molar-refractivity contribution < 1.29 is 0 Å². The Hall–Kier alpha value is -5.86. The zero-order valence-corrected chi connectivity index (χ0v) is 24.6. The van der Waals surface area contributed by atoms with Crippen molar-refractivity contribution in [2.24, 2.45) is 0 Å². The molecular weight excluding hydrogens is 544 g/mol. The Kier molecular flexibility index (Phi) is 4.95. The summed E-state index contributed by atoms with van der Waals surface area (Å²) >= 11 is 0. The quantitative estimate of drug-likeness (QED) is 0.200. The summed E-state index contributed by atoms with van der Waals surface area (Å²) in [6, 6.07) is 62.5. The summed E-state index contributed by atoms with van der Waals surface area (Å²) in [6.07, 6.45) is 0. The number of hydrogen-bond acceptors (Lipinski definition) is 1. The summed E-state index contributed by atoms with van der Waals surface area (Å²) in [6.45, 7) is 0. The van der Waals surface area contributed by atoms with Crippen molar-refractivity contribution in [1.82, 2.24) is 4.57 Å². The second-order valence-electron chi connectivity index (χ2n) is 12.1. The maximum absolute atomic E-state index is 2.43. The average Bonchev–Trinajstić information content (AvgIpc) is 3.60. The van der Waals surface area contributed by atoms with Gasteiger partial charge in [0.1, 0.15) is 0 Å². The number of fused-ring (bicyclic) bond motifs is 12. The normalized spacial score (nSPS) is 13.9. The second-order valence-corrected chi connectivity index (χ2v) is 12.1. The molecule has 0 bridgehead atoms. The fourth-order valence-corrected chi connectivity index (χ4v) is 8.29. The molecule has 0 N–H and O–H groups in total. The zero-order valence-electron chi connectivity index (χ0n) is 24.6. The molecule has 1 aliphatic heterocycles. The van der Waals surface area contributed by atoms with Crippen LogP contribution in [0.3, 0.4) is 0 Å². The van der Waals surface area contributed by atoms with Gasteiger partial charge < -0.3 is 9.47 Å². The van der Waals surface area contributed by atoms with E-state index < -0.39 is 5.41 Å². The van der Waals surface area contributed by atoms with Gasteiger partial charge in [-0.1, -0.05) is 121 Å². The van der Waals surface area contributed by atoms with Gasteiger partial charge in [0.2, 0.25) is 0 Å². The van der Waals surface area contributed by atoms with Crippen molar-refractivity contribution in [1.29, 1.82) is 0 Å². The molecule has 2 heterocycles. The Morgan fingerprint density at radius 3 is 1.53 bits per heavy atom. The molecule has 0 amide bonds. The van der Waals surface area contributed by atoms with E-state index in [1.165, 1.54) is 77.9 Å². The Morgan fingerprint density at radius 2 is 0.867 bits per heavy atom. The van der Waals surface area contributed by atoms with Gasteiger partial charge in [0.25, 0.3) is 0 Å². The number of hydrogen-bond donors (Lipinski definition) is 0. The molecular formula is C43H28N2. The van der Waals surface area contributed by atoms with Crippen LogP contribution < -0.4 is 4.90 Å². The molecule has 2 aliphatic rings. The molecule has 1 spiro atoms. The maximum Gasteiger partial charge on any atom is 0.0754 e. The van der Waals surface area contributed by atoms with E-state index >= 15 is 0 Å². The molecule has 0 radical (unpaired) electrons. The van der Waals surface area contributed by atoms with Gasteiger partial charge in [-0.05, 0) is 81.9 Å². The van der Waals surface area contributed by atoms with Gasteiger partial charge in [-0.2, -0.15) is 0 Å². The molecule has 8 aromatic rings. The number of benzene rings is 7. The molecule has 0 atom stereocenters. The Morgan fingerprint density at radius 1 is 0.356 bits per heavy atom. The number of nitrogens with zero attached hydrogens (tertiary/aromatic N) is 2. The molecule has 0 saturated carbocycles. The fourth-order valence-electron chi connectivity index (χ4n) is 8.29. The molecule has 0 unspecified atom stereocenters. The third kappa shape index (κ3) is 3.13. The first kappa shape index (κ1) is 24.6. The monoisotopic (exact) mass is 572 g/mol. The van der Waals surface area contributed by atoms with Crippen LogP contribution in [-0.4, -0.2) is 4.57 Å². The van der Waals surface area contributed by atoms with Gasteiger partial charge in [0, 0.05) is 22.1 Å². The first-order valence-electron chi connectivity index (χ1n) is 15.6. The Balaban J connectivity index is 1.30. The molecule has 0 saturated heterocycles. The number of para-hydroxylation sites is 5. The Bertz CT molecular complexity index is 2350. The fraction of sp³-hybridized carbons (Fsp3) is 0.0233. The van der Waals surface area contributed by atoms with Crippen LogP contribution in [0.5, 0.6) is 0 Å². The molecule has 45 heavy (non-hydrogen) atoms. The summed E-state index contributed by atoms with van der Waals surface area (Å²) in [4.78, 5) is 2.43. The van der Waals surface area contributed by atoms with E-state index in [1.807, 2.05) is 0 Å². The van der Waals surface area contributed by atoms with Gasteiger partial charge in [-0.25, -0.2) is 0 Å². The molecule has 1 aliphatic carbocycles. The predicted octanol–water partition coefficient (Wildman–Crippen LogP) is 10.9. The lowest BCUT2D eigenvalue weighted by Crippen LogP contribution is -2.36. The maximum atomic E-state index is 2.43. The largest absolute Gasteiger partial charge is 0.310 e. The first-order chi connectivity index (χ1) is 22.4. The molecule has 7 aromatic carbocycles. The van der Waals surface area contributed by atoms with Crippen molar-refractivity contribution in [3.63, 3.8) is 0 Å². The van der Waals surface area contributed by atoms with Gasteiger partial charge >= 0.3 is 0 Å². The van der Waals surface area contributed by atoms with Crippen LogP contribution in [-0.2, 0) is 5.41 Å². The number of anilines is 3. The van der Waals surface area contributed by atoms with Crippen molar-refractivity contribution >= 4 is 38.9 Å². The van der Waals surface area contributed by atoms with Crippen LogP contribution in [0.4, 0.5) is 17.1 Å². The van der Waals surface area contributed by atoms with Crippen LogP contribution in [0.25, 0.3) is 38.6 Å². The number of rotatable bonds is 2. The Labute approximate surface area is 262 Å². The molecule has 10 rings (SSSR count). The van der Waals surface area contributed by atoms with Crippen LogP contribution in [0.15, 0.2) is 170 Å². The highest BCUT2D eigenvalue weighted by atomic mass is 15.2. The van der Waals surface area contributed by atoms with E-state index in [0.717, 1.165) is 0 Å². The lowest BCUT2D eigenvalue weighted by Gasteiger charge is -2.45. The minimum Gasteiger partial charge on any atom is -0.310 e. The van der Waals surface area contributed by atoms with E-state index in [4.69, 9.17) is 0 Å². The average molecular weight is 573 g/mol. The van der Waals surface area contributed by atoms with Crippen molar-refractivity contribution in [3.8, 4) is 16.8 Å². The third-order valence-corrected chi connectivity index (χ3v) is 9.98. The standard InChI is InChI=1S/C43H28N2/c1-2-14-29(15-3-1)44-41-24-12-8-20-37(41)43(38-21-9-13-25-42(38)44)35-19-7-4-16-31(35)34-28-30(26-27-36(34)43)45-39-22-10-5-17-32(39)33-18-6-11-23-40(33)45/h1-28H. The van der Waals surface area contributed by atoms with Crippen molar-refractivity contribution in [3.05, 3.63) is 192 Å². The predicted molar refractivity (Wildman–Crippen MR) is 186 cm³/mol. The van der Waals surface area contributed by atoms with Crippen molar-refractivity contribution in [2.75, 3.05) is 4.90 Å². The van der Waals surface area contributed by atoms with Gasteiger partial charge in [-0.3, -0.25) is 0 Å². The van der Waals surface area contributed by atoms with Gasteiger partial charge in [0.15, 0.2) is 0 Å². The van der Waals surface area contributed by atoms with E-state index in [0.29, 0.717) is 0 Å². The van der Waals surface area contributed by atoms with Gasteiger partial charge in [0.05, 0.1) is 27.8 Å². The SMILES string of the molecule is c1ccc(N2c3ccccc3C3(c4ccccc4-c4cc(-n5c6ccccc6c6ccccc65)ccc43)c3ccccc32)cc1. The molecule has 1 aromatic heterocycles. The smallest absolute Gasteiger partial charge is 0.0754 e. The van der Waals surface area contributed by atoms with E-state index in [9.17, 15) is 0 Å². The second kappa shape index (κ2) is 9.07. The molecule has 2 nitrogen and oxygen atoms in total. The van der Waals surface area contributed by atoms with E-state index in [2.05, 4.69) is 179 Å². The highest BCUT2D eigenvalue weighted by Crippen LogP contribution is 2.63. The summed E-state index contributed by atoms with van der Waals surface area (Å²) in [5.41, 5.74) is 14.7. The molecule has 0 fully saturated rings. The molecule has 210 valence electrons. The van der Waals surface area contributed by atoms with E-state index in [-0.39, 0.29) is 0 Å². The summed E-state index contributed by atoms with van der Waals surface area (Å²) in [5, 5.41) is 2.56. The summed E-state index contributed by atoms with van der Waals surface area (Å²) < 4.78 is 2.43. The van der Waals surface area contributed by atoms with Crippen LogP contribution in [0.1, 0.15) is 22.3 Å². The number of aromatic nitrogens is 1. The summed E-state index contributed by atoms with van der Waals surface area (Å²) in [7, 11) is 0. The van der Waals surface area contributed by atoms with Crippen LogP contribution in [0.2, 0.25) is 0 Å². The lowest BCUT2D eigenvalue weighted by atomic mass is 9.64.